The number of anilines is 1. The van der Waals surface area contributed by atoms with Crippen molar-refractivity contribution in [3.05, 3.63) is 42.1 Å². The topological polar surface area (TPSA) is 75.6 Å². The molecule has 5 nitrogen and oxygen atoms in total. The summed E-state index contributed by atoms with van der Waals surface area (Å²) in [6, 6.07) is 8.92. The van der Waals surface area contributed by atoms with Crippen LogP contribution in [0.5, 0.6) is 0 Å². The molecule has 90 valence electrons. The minimum Gasteiger partial charge on any atom is -0.477 e. The van der Waals surface area contributed by atoms with E-state index in [2.05, 4.69) is 10.1 Å². The standard InChI is InChI=1S/C12H13NO4/c1-2-17-12(16)10(11(14)15)8-13-9-6-4-3-5-7-9/h3-8,13H,2H2,1H3,(H,14,15)/b10-8+. The first-order valence-electron chi connectivity index (χ1n) is 5.07. The first kappa shape index (κ1) is 12.8. The Morgan fingerprint density at radius 1 is 1.35 bits per heavy atom. The van der Waals surface area contributed by atoms with Gasteiger partial charge >= 0.3 is 11.9 Å². The van der Waals surface area contributed by atoms with Gasteiger partial charge in [0, 0.05) is 11.9 Å². The number of carbonyl (C=O) groups is 2. The summed E-state index contributed by atoms with van der Waals surface area (Å²) < 4.78 is 4.63. The Balaban J connectivity index is 2.78. The van der Waals surface area contributed by atoms with Gasteiger partial charge < -0.3 is 15.2 Å². The molecule has 0 saturated carbocycles. The SMILES string of the molecule is CCOC(=O)/C(=C/Nc1ccccc1)C(=O)O. The van der Waals surface area contributed by atoms with Crippen LogP contribution in [0, 0.1) is 0 Å². The van der Waals surface area contributed by atoms with Crippen molar-refractivity contribution in [2.45, 2.75) is 6.92 Å². The zero-order valence-electron chi connectivity index (χ0n) is 9.34. The van der Waals surface area contributed by atoms with Gasteiger partial charge in [-0.2, -0.15) is 0 Å². The van der Waals surface area contributed by atoms with Crippen molar-refractivity contribution >= 4 is 17.6 Å². The third kappa shape index (κ3) is 3.98. The van der Waals surface area contributed by atoms with Gasteiger partial charge in [0.05, 0.1) is 6.61 Å². The molecule has 1 aromatic rings. The van der Waals surface area contributed by atoms with Crippen molar-refractivity contribution in [1.82, 2.24) is 0 Å². The number of hydrogen-bond donors (Lipinski definition) is 2. The van der Waals surface area contributed by atoms with Gasteiger partial charge in [-0.05, 0) is 19.1 Å². The molecule has 2 N–H and O–H groups in total. The molecule has 0 heterocycles. The normalized spacial score (nSPS) is 10.8. The Bertz CT molecular complexity index is 425. The molecule has 0 bridgehead atoms. The fraction of sp³-hybridized carbons (Fsp3) is 0.167. The molecule has 0 aliphatic carbocycles. The Morgan fingerprint density at radius 2 is 2.00 bits per heavy atom. The van der Waals surface area contributed by atoms with Crippen LogP contribution in [0.2, 0.25) is 0 Å². The highest BCUT2D eigenvalue weighted by Gasteiger charge is 2.18. The number of benzene rings is 1. The van der Waals surface area contributed by atoms with Gasteiger partial charge in [0.25, 0.3) is 0 Å². The molecule has 17 heavy (non-hydrogen) atoms. The molecule has 0 unspecified atom stereocenters. The summed E-state index contributed by atoms with van der Waals surface area (Å²) in [6.45, 7) is 1.75. The molecule has 5 heteroatoms. The van der Waals surface area contributed by atoms with Crippen molar-refractivity contribution in [2.24, 2.45) is 0 Å². The van der Waals surface area contributed by atoms with E-state index in [9.17, 15) is 9.59 Å². The third-order valence-electron chi connectivity index (χ3n) is 1.88. The molecule has 0 amide bonds. The molecule has 1 aromatic carbocycles. The maximum atomic E-state index is 11.3. The fourth-order valence-corrected chi connectivity index (χ4v) is 1.11. The van der Waals surface area contributed by atoms with E-state index in [1.165, 1.54) is 0 Å². The van der Waals surface area contributed by atoms with E-state index >= 15 is 0 Å². The average Bonchev–Trinajstić information content (AvgIpc) is 2.30. The minimum atomic E-state index is -1.33. The Hall–Kier alpha value is -2.30. The lowest BCUT2D eigenvalue weighted by atomic mass is 10.3. The Kier molecular flexibility index (Phi) is 4.75. The summed E-state index contributed by atoms with van der Waals surface area (Å²) in [4.78, 5) is 22.1. The summed E-state index contributed by atoms with van der Waals surface area (Å²) >= 11 is 0. The fourth-order valence-electron chi connectivity index (χ4n) is 1.11. The minimum absolute atomic E-state index is 0.134. The zero-order valence-corrected chi connectivity index (χ0v) is 9.34. The number of para-hydroxylation sites is 1. The number of hydrogen-bond acceptors (Lipinski definition) is 4. The van der Waals surface area contributed by atoms with Crippen LogP contribution in [-0.4, -0.2) is 23.7 Å². The number of carboxylic acids is 1. The highest BCUT2D eigenvalue weighted by molar-refractivity contribution is 6.13. The lowest BCUT2D eigenvalue weighted by Gasteiger charge is -2.04. The van der Waals surface area contributed by atoms with E-state index in [-0.39, 0.29) is 6.61 Å². The maximum Gasteiger partial charge on any atom is 0.347 e. The quantitative estimate of drug-likeness (QED) is 0.351. The largest absolute Gasteiger partial charge is 0.477 e. The lowest BCUT2D eigenvalue weighted by Crippen LogP contribution is -2.16. The molecule has 0 aliphatic heterocycles. The molecule has 0 radical (unpaired) electrons. The molecule has 0 aromatic heterocycles. The van der Waals surface area contributed by atoms with Gasteiger partial charge in [0.15, 0.2) is 5.57 Å². The van der Waals surface area contributed by atoms with Crippen molar-refractivity contribution in [3.8, 4) is 0 Å². The van der Waals surface area contributed by atoms with Crippen molar-refractivity contribution < 1.29 is 19.4 Å². The average molecular weight is 235 g/mol. The van der Waals surface area contributed by atoms with E-state index in [1.807, 2.05) is 6.07 Å². The van der Waals surface area contributed by atoms with Crippen molar-refractivity contribution in [3.63, 3.8) is 0 Å². The van der Waals surface area contributed by atoms with Crippen LogP contribution in [0.15, 0.2) is 42.1 Å². The van der Waals surface area contributed by atoms with Crippen LogP contribution in [-0.2, 0) is 14.3 Å². The van der Waals surface area contributed by atoms with Gasteiger partial charge in [-0.15, -0.1) is 0 Å². The molecular weight excluding hydrogens is 222 g/mol. The van der Waals surface area contributed by atoms with Crippen LogP contribution in [0.25, 0.3) is 0 Å². The number of aliphatic carboxylic acids is 1. The highest BCUT2D eigenvalue weighted by atomic mass is 16.5. The van der Waals surface area contributed by atoms with Gasteiger partial charge in [0.2, 0.25) is 0 Å². The van der Waals surface area contributed by atoms with E-state index in [0.29, 0.717) is 5.69 Å². The Morgan fingerprint density at radius 3 is 2.53 bits per heavy atom. The number of esters is 1. The first-order valence-corrected chi connectivity index (χ1v) is 5.07. The van der Waals surface area contributed by atoms with Crippen molar-refractivity contribution in [1.29, 1.82) is 0 Å². The van der Waals surface area contributed by atoms with Crippen LogP contribution >= 0.6 is 0 Å². The smallest absolute Gasteiger partial charge is 0.347 e. The number of nitrogens with one attached hydrogen (secondary N) is 1. The maximum absolute atomic E-state index is 11.3. The molecule has 0 saturated heterocycles. The van der Waals surface area contributed by atoms with Gasteiger partial charge in [-0.3, -0.25) is 0 Å². The molecule has 0 fully saturated rings. The van der Waals surface area contributed by atoms with Gasteiger partial charge in [-0.25, -0.2) is 9.59 Å². The second-order valence-electron chi connectivity index (χ2n) is 3.09. The van der Waals surface area contributed by atoms with Crippen LogP contribution in [0.4, 0.5) is 5.69 Å². The van der Waals surface area contributed by atoms with E-state index in [4.69, 9.17) is 5.11 Å². The van der Waals surface area contributed by atoms with E-state index in [0.717, 1.165) is 6.20 Å². The van der Waals surface area contributed by atoms with Gasteiger partial charge in [0.1, 0.15) is 0 Å². The molecule has 0 atom stereocenters. The van der Waals surface area contributed by atoms with E-state index < -0.39 is 17.5 Å². The van der Waals surface area contributed by atoms with E-state index in [1.54, 1.807) is 31.2 Å². The number of ether oxygens (including phenoxy) is 1. The summed E-state index contributed by atoms with van der Waals surface area (Å²) in [5.41, 5.74) is 0.256. The van der Waals surface area contributed by atoms with Crippen LogP contribution < -0.4 is 5.32 Å². The Labute approximate surface area is 98.7 Å². The molecule has 0 aliphatic rings. The second kappa shape index (κ2) is 6.32. The number of carbonyl (C=O) groups excluding carboxylic acids is 1. The number of carboxylic acid groups (broad SMARTS) is 1. The summed E-state index contributed by atoms with van der Waals surface area (Å²) in [5.74, 6) is -2.18. The summed E-state index contributed by atoms with van der Waals surface area (Å²) in [6.07, 6.45) is 1.12. The predicted molar refractivity (Wildman–Crippen MR) is 62.4 cm³/mol. The zero-order chi connectivity index (χ0) is 12.7. The first-order chi connectivity index (χ1) is 8.15. The van der Waals surface area contributed by atoms with Crippen LogP contribution in [0.3, 0.4) is 0 Å². The van der Waals surface area contributed by atoms with Gasteiger partial charge in [-0.1, -0.05) is 18.2 Å². The lowest BCUT2D eigenvalue weighted by molar-refractivity contribution is -0.143. The highest BCUT2D eigenvalue weighted by Crippen LogP contribution is 2.07. The second-order valence-corrected chi connectivity index (χ2v) is 3.09. The molecular formula is C12H13NO4. The van der Waals surface area contributed by atoms with Crippen molar-refractivity contribution in [2.75, 3.05) is 11.9 Å². The molecule has 0 spiro atoms. The molecule has 1 rings (SSSR count). The van der Waals surface area contributed by atoms with Crippen LogP contribution in [0.1, 0.15) is 6.92 Å². The summed E-state index contributed by atoms with van der Waals surface area (Å²) in [7, 11) is 0. The monoisotopic (exact) mass is 235 g/mol. The number of rotatable bonds is 5. The third-order valence-corrected chi connectivity index (χ3v) is 1.88. The summed E-state index contributed by atoms with van der Waals surface area (Å²) in [5, 5.41) is 11.6. The predicted octanol–water partition coefficient (Wildman–Crippen LogP) is 1.63.